The second-order valence-corrected chi connectivity index (χ2v) is 7.18. The van der Waals surface area contributed by atoms with Crippen LogP contribution >= 0.6 is 0 Å². The Hall–Kier alpha value is -0.420. The van der Waals surface area contributed by atoms with E-state index in [0.717, 1.165) is 12.8 Å². The van der Waals surface area contributed by atoms with Crippen LogP contribution in [0.15, 0.2) is 0 Å². The number of carbonyl (C=O) groups is 1. The van der Waals surface area contributed by atoms with Crippen LogP contribution in [0.2, 0.25) is 0 Å². The number of Topliss-reactive ketones (excluding diaryl/α,β-unsaturated/α-hetero) is 1. The quantitative estimate of drug-likeness (QED) is 0.752. The van der Waals surface area contributed by atoms with Gasteiger partial charge in [0.25, 0.3) is 10.1 Å². The lowest BCUT2D eigenvalue weighted by Gasteiger charge is -2.46. The monoisotopic (exact) mass is 246 g/mol. The molecule has 2 aliphatic carbocycles. The Balaban J connectivity index is 2.46. The Morgan fingerprint density at radius 1 is 1.38 bits per heavy atom. The van der Waals surface area contributed by atoms with Crippen molar-refractivity contribution in [1.29, 1.82) is 0 Å². The van der Waals surface area contributed by atoms with Gasteiger partial charge in [0.05, 0.1) is 11.2 Å². The molecule has 0 aromatic carbocycles. The maximum atomic E-state index is 12.1. The molecule has 2 bridgehead atoms. The minimum absolute atomic E-state index is 0.0175. The van der Waals surface area contributed by atoms with Gasteiger partial charge in [-0.25, -0.2) is 0 Å². The molecule has 2 rings (SSSR count). The Morgan fingerprint density at radius 2 is 2.00 bits per heavy atom. The summed E-state index contributed by atoms with van der Waals surface area (Å²) in [6.07, 6.45) is 2.82. The summed E-state index contributed by atoms with van der Waals surface area (Å²) in [4.78, 5) is 12.1. The van der Waals surface area contributed by atoms with Gasteiger partial charge in [0.1, 0.15) is 5.78 Å². The third-order valence-corrected chi connectivity index (χ3v) is 5.71. The van der Waals surface area contributed by atoms with E-state index in [0.29, 0.717) is 18.8 Å². The van der Waals surface area contributed by atoms with Crippen LogP contribution in [0.1, 0.15) is 39.5 Å². The van der Waals surface area contributed by atoms with Gasteiger partial charge in [-0.15, -0.1) is 0 Å². The second kappa shape index (κ2) is 3.29. The molecule has 0 amide bonds. The molecule has 92 valence electrons. The van der Waals surface area contributed by atoms with E-state index in [4.69, 9.17) is 4.55 Å². The molecule has 0 unspecified atom stereocenters. The first-order valence-corrected chi connectivity index (χ1v) is 7.28. The summed E-state index contributed by atoms with van der Waals surface area (Å²) in [7, 11) is -4.09. The van der Waals surface area contributed by atoms with E-state index >= 15 is 0 Å². The smallest absolute Gasteiger partial charge is 0.265 e. The summed E-state index contributed by atoms with van der Waals surface area (Å²) in [5, 5.41) is 0. The van der Waals surface area contributed by atoms with Gasteiger partial charge >= 0.3 is 0 Å². The van der Waals surface area contributed by atoms with Crippen LogP contribution in [-0.4, -0.2) is 24.5 Å². The van der Waals surface area contributed by atoms with Gasteiger partial charge in [0.15, 0.2) is 0 Å². The fourth-order valence-corrected chi connectivity index (χ4v) is 4.99. The van der Waals surface area contributed by atoms with Crippen molar-refractivity contribution >= 4 is 15.9 Å². The Kier molecular flexibility index (Phi) is 2.48. The Morgan fingerprint density at radius 3 is 2.56 bits per heavy atom. The van der Waals surface area contributed by atoms with E-state index in [1.165, 1.54) is 0 Å². The molecule has 1 N–H and O–H groups in total. The van der Waals surface area contributed by atoms with Gasteiger partial charge in [-0.3, -0.25) is 9.35 Å². The van der Waals surface area contributed by atoms with Crippen molar-refractivity contribution in [2.24, 2.45) is 16.7 Å². The van der Waals surface area contributed by atoms with E-state index in [1.807, 2.05) is 13.8 Å². The fourth-order valence-electron chi connectivity index (χ4n) is 3.69. The molecule has 16 heavy (non-hydrogen) atoms. The molecule has 2 atom stereocenters. The van der Waals surface area contributed by atoms with Crippen LogP contribution in [-0.2, 0) is 14.9 Å². The predicted octanol–water partition coefficient (Wildman–Crippen LogP) is 1.66. The Bertz CT molecular complexity index is 423. The molecule has 0 radical (unpaired) electrons. The van der Waals surface area contributed by atoms with Gasteiger partial charge in [0, 0.05) is 6.42 Å². The van der Waals surface area contributed by atoms with Gasteiger partial charge in [0.2, 0.25) is 0 Å². The highest BCUT2D eigenvalue weighted by Crippen LogP contribution is 2.61. The lowest BCUT2D eigenvalue weighted by molar-refractivity contribution is -0.137. The van der Waals surface area contributed by atoms with Gasteiger partial charge in [-0.05, 0) is 30.6 Å². The first-order valence-electron chi connectivity index (χ1n) is 5.67. The van der Waals surface area contributed by atoms with Crippen molar-refractivity contribution in [2.45, 2.75) is 39.5 Å². The number of hydrogen-bond acceptors (Lipinski definition) is 3. The molecule has 2 saturated carbocycles. The molecule has 2 aliphatic rings. The maximum Gasteiger partial charge on any atom is 0.265 e. The van der Waals surface area contributed by atoms with Crippen molar-refractivity contribution < 1.29 is 17.8 Å². The molecule has 0 aliphatic heterocycles. The van der Waals surface area contributed by atoms with Crippen molar-refractivity contribution in [1.82, 2.24) is 0 Å². The van der Waals surface area contributed by atoms with Crippen LogP contribution in [0, 0.1) is 16.7 Å². The van der Waals surface area contributed by atoms with Gasteiger partial charge < -0.3 is 0 Å². The van der Waals surface area contributed by atoms with Crippen LogP contribution in [0.3, 0.4) is 0 Å². The zero-order valence-corrected chi connectivity index (χ0v) is 10.5. The fraction of sp³-hybridized carbons (Fsp3) is 0.909. The third-order valence-electron chi connectivity index (χ3n) is 4.86. The van der Waals surface area contributed by atoms with Gasteiger partial charge in [-0.1, -0.05) is 13.8 Å². The molecule has 0 aromatic heterocycles. The molecule has 0 spiro atoms. The van der Waals surface area contributed by atoms with Crippen LogP contribution in [0.5, 0.6) is 0 Å². The average Bonchev–Trinajstić information content (AvgIpc) is 2.28. The van der Waals surface area contributed by atoms with Gasteiger partial charge in [-0.2, -0.15) is 8.42 Å². The molecule has 0 saturated heterocycles. The molecule has 4 nitrogen and oxygen atoms in total. The van der Waals surface area contributed by atoms with Crippen LogP contribution in [0.25, 0.3) is 0 Å². The van der Waals surface area contributed by atoms with E-state index in [2.05, 4.69) is 0 Å². The molecule has 5 heteroatoms. The van der Waals surface area contributed by atoms with E-state index in [9.17, 15) is 13.2 Å². The highest BCUT2D eigenvalue weighted by molar-refractivity contribution is 7.85. The van der Waals surface area contributed by atoms with E-state index in [1.54, 1.807) is 0 Å². The van der Waals surface area contributed by atoms with Crippen molar-refractivity contribution in [3.63, 3.8) is 0 Å². The number of hydrogen-bond donors (Lipinski definition) is 1. The van der Waals surface area contributed by atoms with Crippen molar-refractivity contribution in [3.05, 3.63) is 0 Å². The van der Waals surface area contributed by atoms with E-state index in [-0.39, 0.29) is 11.2 Å². The number of rotatable bonds is 2. The molecule has 0 heterocycles. The first-order chi connectivity index (χ1) is 7.19. The minimum atomic E-state index is -4.09. The summed E-state index contributed by atoms with van der Waals surface area (Å²) in [5.41, 5.74) is -1.15. The van der Waals surface area contributed by atoms with Crippen LogP contribution in [0.4, 0.5) is 0 Å². The molecule has 0 aromatic rings. The lowest BCUT2D eigenvalue weighted by Crippen LogP contribution is -2.50. The van der Waals surface area contributed by atoms with Crippen molar-refractivity contribution in [2.75, 3.05) is 5.75 Å². The second-order valence-electron chi connectivity index (χ2n) is 5.73. The number of ketones is 1. The first kappa shape index (κ1) is 12.0. The SMILES string of the molecule is CC1(C)[C@@H]2CCC(=O)[C@@]1(CS(=O)(=O)O)CC2. The highest BCUT2D eigenvalue weighted by Gasteiger charge is 2.61. The summed E-state index contributed by atoms with van der Waals surface area (Å²) in [6.45, 7) is 3.93. The number of carbonyl (C=O) groups excluding carboxylic acids is 1. The topological polar surface area (TPSA) is 71.4 Å². The molecule has 2 fully saturated rings. The standard InChI is InChI=1S/C11H18O4S/c1-10(2)8-3-4-9(12)11(10,6-5-8)7-16(13,14)15/h8H,3-7H2,1-2H3,(H,13,14,15)/t8-,11+/m1/s1. The highest BCUT2D eigenvalue weighted by atomic mass is 32.2. The zero-order valence-electron chi connectivity index (χ0n) is 9.69. The summed E-state index contributed by atoms with van der Waals surface area (Å²) >= 11 is 0. The average molecular weight is 246 g/mol. The number of fused-ring (bicyclic) bond motifs is 2. The van der Waals surface area contributed by atoms with E-state index < -0.39 is 21.3 Å². The largest absolute Gasteiger partial charge is 0.299 e. The predicted molar refractivity (Wildman–Crippen MR) is 59.6 cm³/mol. The molecular formula is C11H18O4S. The van der Waals surface area contributed by atoms with Crippen molar-refractivity contribution in [3.8, 4) is 0 Å². The lowest BCUT2D eigenvalue weighted by atomic mass is 9.58. The zero-order chi connectivity index (χ0) is 12.2. The third kappa shape index (κ3) is 1.52. The summed E-state index contributed by atoms with van der Waals surface area (Å²) in [6, 6.07) is 0. The normalized spacial score (nSPS) is 37.7. The maximum absolute atomic E-state index is 12.1. The Labute approximate surface area is 96.2 Å². The minimum Gasteiger partial charge on any atom is -0.299 e. The summed E-state index contributed by atoms with van der Waals surface area (Å²) in [5.74, 6) is 0.0262. The summed E-state index contributed by atoms with van der Waals surface area (Å²) < 4.78 is 31.3. The van der Waals surface area contributed by atoms with Crippen LogP contribution < -0.4 is 0 Å². The molecular weight excluding hydrogens is 228 g/mol.